The molecule has 2 rings (SSSR count). The molecule has 21 heavy (non-hydrogen) atoms. The van der Waals surface area contributed by atoms with Crippen molar-refractivity contribution in [2.24, 2.45) is 0 Å². The van der Waals surface area contributed by atoms with Crippen LogP contribution in [-0.2, 0) is 11.3 Å². The fourth-order valence-corrected chi connectivity index (χ4v) is 2.64. The van der Waals surface area contributed by atoms with Gasteiger partial charge in [-0.05, 0) is 38.2 Å². The maximum atomic E-state index is 10.9. The Bertz CT molecular complexity index is 610. The first-order valence-electron chi connectivity index (χ1n) is 6.53. The van der Waals surface area contributed by atoms with Crippen molar-refractivity contribution < 1.29 is 14.6 Å². The normalized spacial score (nSPS) is 12.4. The number of aromatic nitrogens is 1. The first kappa shape index (κ1) is 15.5. The highest BCUT2D eigenvalue weighted by Crippen LogP contribution is 2.26. The molecule has 1 aromatic heterocycles. The number of carbonyl (C=O) groups is 1. The summed E-state index contributed by atoms with van der Waals surface area (Å²) in [4.78, 5) is 17.3. The molecular weight excluding hydrogens is 288 g/mol. The van der Waals surface area contributed by atoms with Crippen molar-refractivity contribution >= 4 is 17.3 Å². The molecule has 2 aromatic rings. The highest BCUT2D eigenvalue weighted by Gasteiger charge is 2.17. The molecule has 0 bridgehead atoms. The molecular formula is C15H18N2O3S. The highest BCUT2D eigenvalue weighted by molar-refractivity contribution is 7.13. The van der Waals surface area contributed by atoms with Gasteiger partial charge in [-0.15, -0.1) is 11.3 Å². The van der Waals surface area contributed by atoms with Crippen molar-refractivity contribution in [3.63, 3.8) is 0 Å². The average Bonchev–Trinajstić information content (AvgIpc) is 2.94. The summed E-state index contributed by atoms with van der Waals surface area (Å²) in [6, 6.07) is 7.19. The number of nitrogens with zero attached hydrogens (tertiary/aromatic N) is 2. The monoisotopic (exact) mass is 306 g/mol. The van der Waals surface area contributed by atoms with Gasteiger partial charge < -0.3 is 9.84 Å². The van der Waals surface area contributed by atoms with Gasteiger partial charge in [0.05, 0.1) is 12.8 Å². The first-order chi connectivity index (χ1) is 10.0. The molecule has 0 spiro atoms. The molecule has 1 heterocycles. The molecule has 1 aromatic carbocycles. The summed E-state index contributed by atoms with van der Waals surface area (Å²) in [7, 11) is 3.42. The summed E-state index contributed by atoms with van der Waals surface area (Å²) in [6.45, 7) is 2.18. The lowest BCUT2D eigenvalue weighted by Crippen LogP contribution is -2.35. The third-order valence-corrected chi connectivity index (χ3v) is 4.26. The van der Waals surface area contributed by atoms with Crippen LogP contribution in [0.2, 0.25) is 0 Å². The maximum absolute atomic E-state index is 10.9. The topological polar surface area (TPSA) is 62.7 Å². The quantitative estimate of drug-likeness (QED) is 0.889. The second-order valence-electron chi connectivity index (χ2n) is 4.80. The molecule has 5 nitrogen and oxygen atoms in total. The van der Waals surface area contributed by atoms with Crippen molar-refractivity contribution in [3.05, 3.63) is 35.3 Å². The van der Waals surface area contributed by atoms with Gasteiger partial charge in [0.25, 0.3) is 0 Å². The van der Waals surface area contributed by atoms with Gasteiger partial charge in [-0.3, -0.25) is 9.69 Å². The molecule has 0 aliphatic carbocycles. The zero-order valence-electron chi connectivity index (χ0n) is 12.2. The smallest absolute Gasteiger partial charge is 0.320 e. The van der Waals surface area contributed by atoms with Crippen molar-refractivity contribution in [2.75, 3.05) is 14.2 Å². The fourth-order valence-electron chi connectivity index (χ4n) is 1.83. The summed E-state index contributed by atoms with van der Waals surface area (Å²) >= 11 is 1.55. The number of ether oxygens (including phenoxy) is 1. The Balaban J connectivity index is 2.08. The molecule has 6 heteroatoms. The lowest BCUT2D eigenvalue weighted by Gasteiger charge is -2.19. The van der Waals surface area contributed by atoms with Gasteiger partial charge in [-0.2, -0.15) is 0 Å². The van der Waals surface area contributed by atoms with Crippen LogP contribution in [0.5, 0.6) is 5.75 Å². The van der Waals surface area contributed by atoms with Crippen molar-refractivity contribution in [2.45, 2.75) is 19.5 Å². The van der Waals surface area contributed by atoms with Gasteiger partial charge in [-0.1, -0.05) is 0 Å². The Kier molecular flexibility index (Phi) is 4.93. The zero-order valence-corrected chi connectivity index (χ0v) is 13.1. The molecule has 0 amide bonds. The minimum atomic E-state index is -0.830. The number of thiazole rings is 1. The van der Waals surface area contributed by atoms with Crippen LogP contribution in [0.3, 0.4) is 0 Å². The van der Waals surface area contributed by atoms with E-state index >= 15 is 0 Å². The van der Waals surface area contributed by atoms with E-state index < -0.39 is 12.0 Å². The summed E-state index contributed by atoms with van der Waals surface area (Å²) in [5.74, 6) is -0.0198. The summed E-state index contributed by atoms with van der Waals surface area (Å²) in [5, 5.41) is 11.9. The molecule has 1 atom stereocenters. The zero-order chi connectivity index (χ0) is 15.4. The van der Waals surface area contributed by atoms with Crippen LogP contribution in [0.25, 0.3) is 10.6 Å². The number of hydrogen-bond donors (Lipinski definition) is 1. The lowest BCUT2D eigenvalue weighted by molar-refractivity contribution is -0.142. The molecule has 0 radical (unpaired) electrons. The van der Waals surface area contributed by atoms with Crippen LogP contribution < -0.4 is 4.74 Å². The van der Waals surface area contributed by atoms with Gasteiger partial charge >= 0.3 is 5.97 Å². The molecule has 0 fully saturated rings. The van der Waals surface area contributed by atoms with E-state index in [0.29, 0.717) is 6.54 Å². The number of likely N-dealkylation sites (N-methyl/N-ethyl adjacent to an activating group) is 1. The van der Waals surface area contributed by atoms with Crippen LogP contribution in [0.4, 0.5) is 0 Å². The Morgan fingerprint density at radius 1 is 1.43 bits per heavy atom. The summed E-state index contributed by atoms with van der Waals surface area (Å²) < 4.78 is 5.13. The molecule has 1 N–H and O–H groups in total. The van der Waals surface area contributed by atoms with E-state index in [2.05, 4.69) is 4.98 Å². The number of rotatable bonds is 6. The number of carboxylic acids is 1. The largest absolute Gasteiger partial charge is 0.497 e. The third kappa shape index (κ3) is 3.80. The second-order valence-corrected chi connectivity index (χ2v) is 5.66. The van der Waals surface area contributed by atoms with E-state index in [9.17, 15) is 4.79 Å². The number of aliphatic carboxylic acids is 1. The third-order valence-electron chi connectivity index (χ3n) is 3.32. The molecule has 0 aliphatic rings. The van der Waals surface area contributed by atoms with Crippen LogP contribution in [0, 0.1) is 0 Å². The van der Waals surface area contributed by atoms with Crippen molar-refractivity contribution in [1.82, 2.24) is 9.88 Å². The van der Waals surface area contributed by atoms with Crippen LogP contribution >= 0.6 is 11.3 Å². The van der Waals surface area contributed by atoms with E-state index in [1.807, 2.05) is 29.6 Å². The number of methoxy groups -OCH3 is 1. The maximum Gasteiger partial charge on any atom is 0.320 e. The number of carboxylic acid groups (broad SMARTS) is 1. The minimum absolute atomic E-state index is 0.514. The lowest BCUT2D eigenvalue weighted by atomic mass is 10.2. The predicted octanol–water partition coefficient (Wildman–Crippen LogP) is 2.72. The standard InChI is InChI=1S/C15H18N2O3S/c1-10(15(18)19)17(2)8-12-9-21-14(16-12)11-4-6-13(20-3)7-5-11/h4-7,9-10H,8H2,1-3H3,(H,18,19). The van der Waals surface area contributed by atoms with Gasteiger partial charge in [0.15, 0.2) is 0 Å². The van der Waals surface area contributed by atoms with Crippen molar-refractivity contribution in [1.29, 1.82) is 0 Å². The molecule has 1 unspecified atom stereocenters. The van der Waals surface area contributed by atoms with E-state index in [1.54, 1.807) is 37.3 Å². The Morgan fingerprint density at radius 2 is 2.10 bits per heavy atom. The molecule has 0 aliphatic heterocycles. The van der Waals surface area contributed by atoms with E-state index in [0.717, 1.165) is 22.0 Å². The molecule has 0 saturated carbocycles. The summed E-state index contributed by atoms with van der Waals surface area (Å²) in [5.41, 5.74) is 1.91. The minimum Gasteiger partial charge on any atom is -0.497 e. The van der Waals surface area contributed by atoms with E-state index in [-0.39, 0.29) is 0 Å². The van der Waals surface area contributed by atoms with E-state index in [1.165, 1.54) is 0 Å². The number of hydrogen-bond acceptors (Lipinski definition) is 5. The Hall–Kier alpha value is -1.92. The SMILES string of the molecule is COc1ccc(-c2nc(CN(C)C(C)C(=O)O)cs2)cc1. The van der Waals surface area contributed by atoms with E-state index in [4.69, 9.17) is 9.84 Å². The van der Waals surface area contributed by atoms with Crippen LogP contribution in [0.15, 0.2) is 29.6 Å². The molecule has 112 valence electrons. The van der Waals surface area contributed by atoms with Gasteiger partial charge in [0.2, 0.25) is 0 Å². The fraction of sp³-hybridized carbons (Fsp3) is 0.333. The van der Waals surface area contributed by atoms with Crippen LogP contribution in [-0.4, -0.2) is 41.2 Å². The Labute approximate surface area is 127 Å². The van der Waals surface area contributed by atoms with Crippen molar-refractivity contribution in [3.8, 4) is 16.3 Å². The summed E-state index contributed by atoms with van der Waals surface area (Å²) in [6.07, 6.45) is 0. The van der Waals surface area contributed by atoms with Gasteiger partial charge in [0.1, 0.15) is 16.8 Å². The average molecular weight is 306 g/mol. The Morgan fingerprint density at radius 3 is 2.67 bits per heavy atom. The molecule has 0 saturated heterocycles. The highest BCUT2D eigenvalue weighted by atomic mass is 32.1. The number of benzene rings is 1. The van der Waals surface area contributed by atoms with Gasteiger partial charge in [0, 0.05) is 17.5 Å². The van der Waals surface area contributed by atoms with Crippen LogP contribution in [0.1, 0.15) is 12.6 Å². The van der Waals surface area contributed by atoms with Gasteiger partial charge in [-0.25, -0.2) is 4.98 Å². The first-order valence-corrected chi connectivity index (χ1v) is 7.41. The predicted molar refractivity (Wildman–Crippen MR) is 82.7 cm³/mol. The second kappa shape index (κ2) is 6.69.